The highest BCUT2D eigenvalue weighted by Crippen LogP contribution is 2.33. The molecule has 80 valence electrons. The Labute approximate surface area is 91.6 Å². The number of hydrogen-bond acceptors (Lipinski definition) is 4. The molecular weight excluding hydrogens is 213 g/mol. The van der Waals surface area contributed by atoms with Gasteiger partial charge >= 0.3 is 0 Å². The van der Waals surface area contributed by atoms with Crippen LogP contribution in [0, 0.1) is 13.8 Å². The lowest BCUT2D eigenvalue weighted by atomic mass is 10.1. The van der Waals surface area contributed by atoms with Crippen LogP contribution in [0.5, 0.6) is 0 Å². The number of hydrogen-bond donors (Lipinski definition) is 1. The molecule has 0 amide bonds. The van der Waals surface area contributed by atoms with Gasteiger partial charge in [0.1, 0.15) is 6.04 Å². The maximum absolute atomic E-state index is 13.6. The molecule has 0 fully saturated rings. The van der Waals surface area contributed by atoms with Gasteiger partial charge in [0.2, 0.25) is 5.96 Å². The molecule has 0 aromatic carbocycles. The molecule has 15 heavy (non-hydrogen) atoms. The summed E-state index contributed by atoms with van der Waals surface area (Å²) in [6.45, 7) is 3.96. The van der Waals surface area contributed by atoms with Crippen LogP contribution in [0.15, 0.2) is 16.1 Å². The minimum Gasteiger partial charge on any atom is -0.368 e. The molecule has 3 nitrogen and oxygen atoms in total. The molecule has 0 saturated heterocycles. The molecule has 2 heterocycles. The summed E-state index contributed by atoms with van der Waals surface area (Å²) in [5, 5.41) is 0. The first kappa shape index (κ1) is 10.3. The Bertz CT molecular complexity index is 436. The van der Waals surface area contributed by atoms with E-state index in [1.54, 1.807) is 11.3 Å². The zero-order valence-electron chi connectivity index (χ0n) is 8.57. The first-order valence-electron chi connectivity index (χ1n) is 4.66. The van der Waals surface area contributed by atoms with Crippen molar-refractivity contribution in [1.82, 2.24) is 0 Å². The predicted molar refractivity (Wildman–Crippen MR) is 61.5 cm³/mol. The van der Waals surface area contributed by atoms with Gasteiger partial charge in [-0.2, -0.15) is 0 Å². The summed E-state index contributed by atoms with van der Waals surface area (Å²) in [7, 11) is 0. The van der Waals surface area contributed by atoms with E-state index in [1.165, 1.54) is 6.21 Å². The van der Waals surface area contributed by atoms with Crippen molar-refractivity contribution in [1.29, 1.82) is 0 Å². The molecule has 0 saturated carbocycles. The lowest BCUT2D eigenvalue weighted by molar-refractivity contribution is 0.374. The number of alkyl halides is 1. The van der Waals surface area contributed by atoms with Crippen molar-refractivity contribution < 1.29 is 4.39 Å². The number of rotatable bonds is 1. The SMILES string of the molecule is Cc1cc(C)c(C2N=C(N)N=CC2F)s1. The molecule has 5 heteroatoms. The van der Waals surface area contributed by atoms with Crippen LogP contribution in [0.25, 0.3) is 0 Å². The molecule has 2 unspecified atom stereocenters. The Morgan fingerprint density at radius 3 is 2.80 bits per heavy atom. The molecule has 2 N–H and O–H groups in total. The van der Waals surface area contributed by atoms with Crippen LogP contribution in [0.2, 0.25) is 0 Å². The predicted octanol–water partition coefficient (Wildman–Crippen LogP) is 2.14. The summed E-state index contributed by atoms with van der Waals surface area (Å²) < 4.78 is 13.6. The number of guanidine groups is 1. The van der Waals surface area contributed by atoms with Crippen molar-refractivity contribution in [3.63, 3.8) is 0 Å². The normalized spacial score (nSPS) is 25.4. The summed E-state index contributed by atoms with van der Waals surface area (Å²) in [6, 6.07) is 1.52. The Balaban J connectivity index is 2.38. The number of nitrogens with two attached hydrogens (primary N) is 1. The summed E-state index contributed by atoms with van der Waals surface area (Å²) in [6.07, 6.45) is 0.0515. The van der Waals surface area contributed by atoms with Crippen LogP contribution >= 0.6 is 11.3 Å². The van der Waals surface area contributed by atoms with E-state index in [0.717, 1.165) is 15.3 Å². The van der Waals surface area contributed by atoms with Crippen LogP contribution in [-0.2, 0) is 0 Å². The van der Waals surface area contributed by atoms with Crippen LogP contribution in [0.1, 0.15) is 21.4 Å². The van der Waals surface area contributed by atoms with E-state index in [-0.39, 0.29) is 5.96 Å². The number of aryl methyl sites for hydroxylation is 2. The van der Waals surface area contributed by atoms with E-state index in [1.807, 2.05) is 19.9 Å². The van der Waals surface area contributed by atoms with Crippen molar-refractivity contribution in [2.75, 3.05) is 0 Å². The van der Waals surface area contributed by atoms with Crippen LogP contribution in [-0.4, -0.2) is 18.3 Å². The van der Waals surface area contributed by atoms with Crippen molar-refractivity contribution in [3.05, 3.63) is 21.4 Å². The van der Waals surface area contributed by atoms with Gasteiger partial charge in [-0.05, 0) is 25.5 Å². The maximum Gasteiger partial charge on any atom is 0.215 e. The van der Waals surface area contributed by atoms with E-state index in [9.17, 15) is 4.39 Å². The maximum atomic E-state index is 13.6. The van der Waals surface area contributed by atoms with Gasteiger partial charge in [-0.1, -0.05) is 0 Å². The van der Waals surface area contributed by atoms with E-state index >= 15 is 0 Å². The van der Waals surface area contributed by atoms with E-state index in [0.29, 0.717) is 0 Å². The quantitative estimate of drug-likeness (QED) is 0.782. The van der Waals surface area contributed by atoms with E-state index in [2.05, 4.69) is 9.98 Å². The molecule has 1 aromatic heterocycles. The Hall–Kier alpha value is -1.23. The molecular formula is C10H12FN3S. The van der Waals surface area contributed by atoms with Gasteiger partial charge in [0.05, 0.1) is 0 Å². The van der Waals surface area contributed by atoms with Gasteiger partial charge in [0, 0.05) is 16.0 Å². The lowest BCUT2D eigenvalue weighted by Gasteiger charge is -2.17. The van der Waals surface area contributed by atoms with Gasteiger partial charge in [0.25, 0.3) is 0 Å². The molecule has 0 radical (unpaired) electrons. The second-order valence-corrected chi connectivity index (χ2v) is 4.85. The van der Waals surface area contributed by atoms with Crippen molar-refractivity contribution in [2.24, 2.45) is 15.7 Å². The third-order valence-electron chi connectivity index (χ3n) is 2.27. The summed E-state index contributed by atoms with van der Waals surface area (Å²) in [4.78, 5) is 9.79. The molecule has 2 atom stereocenters. The minimum atomic E-state index is -1.17. The average molecular weight is 225 g/mol. The molecule has 2 rings (SSSR count). The van der Waals surface area contributed by atoms with Gasteiger partial charge in [-0.15, -0.1) is 11.3 Å². The van der Waals surface area contributed by atoms with Crippen LogP contribution < -0.4 is 5.73 Å². The van der Waals surface area contributed by atoms with Crippen LogP contribution in [0.4, 0.5) is 4.39 Å². The Morgan fingerprint density at radius 1 is 1.47 bits per heavy atom. The number of aliphatic imine (C=N–C) groups is 2. The second kappa shape index (κ2) is 3.73. The summed E-state index contributed by atoms with van der Waals surface area (Å²) >= 11 is 1.56. The Kier molecular flexibility index (Phi) is 2.56. The fraction of sp³-hybridized carbons (Fsp3) is 0.400. The van der Waals surface area contributed by atoms with Crippen molar-refractivity contribution in [2.45, 2.75) is 26.1 Å². The fourth-order valence-electron chi connectivity index (χ4n) is 1.63. The van der Waals surface area contributed by atoms with E-state index in [4.69, 9.17) is 5.73 Å². The largest absolute Gasteiger partial charge is 0.368 e. The second-order valence-electron chi connectivity index (χ2n) is 3.56. The average Bonchev–Trinajstić information content (AvgIpc) is 2.50. The molecule has 1 aliphatic heterocycles. The molecule has 0 bridgehead atoms. The van der Waals surface area contributed by atoms with Gasteiger partial charge < -0.3 is 5.73 Å². The number of nitrogens with zero attached hydrogens (tertiary/aromatic N) is 2. The standard InChI is InChI=1S/C10H12FN3S/c1-5-3-6(2)15-9(5)8-7(11)4-13-10(12)14-8/h3-4,7-8H,1-2H3,(H2,12,14). The first-order valence-corrected chi connectivity index (χ1v) is 5.48. The van der Waals surface area contributed by atoms with Gasteiger partial charge in [-0.25, -0.2) is 14.4 Å². The first-order chi connectivity index (χ1) is 7.08. The molecule has 0 aliphatic carbocycles. The minimum absolute atomic E-state index is 0.152. The zero-order chi connectivity index (χ0) is 11.0. The number of thiophene rings is 1. The fourth-order valence-corrected chi connectivity index (χ4v) is 2.74. The number of halogens is 1. The van der Waals surface area contributed by atoms with Crippen LogP contribution in [0.3, 0.4) is 0 Å². The highest BCUT2D eigenvalue weighted by atomic mass is 32.1. The third kappa shape index (κ3) is 1.92. The molecule has 1 aliphatic rings. The molecule has 1 aromatic rings. The van der Waals surface area contributed by atoms with Gasteiger partial charge in [-0.3, -0.25) is 0 Å². The topological polar surface area (TPSA) is 50.7 Å². The highest BCUT2D eigenvalue weighted by Gasteiger charge is 2.26. The third-order valence-corrected chi connectivity index (χ3v) is 3.49. The zero-order valence-corrected chi connectivity index (χ0v) is 9.38. The molecule has 0 spiro atoms. The smallest absolute Gasteiger partial charge is 0.215 e. The van der Waals surface area contributed by atoms with Crippen molar-refractivity contribution >= 4 is 23.5 Å². The monoisotopic (exact) mass is 225 g/mol. The lowest BCUT2D eigenvalue weighted by Crippen LogP contribution is -2.24. The van der Waals surface area contributed by atoms with Gasteiger partial charge in [0.15, 0.2) is 6.17 Å². The summed E-state index contributed by atoms with van der Waals surface area (Å²) in [5.74, 6) is 0.152. The summed E-state index contributed by atoms with van der Waals surface area (Å²) in [5.41, 5.74) is 6.54. The Morgan fingerprint density at radius 2 is 2.20 bits per heavy atom. The highest BCUT2D eigenvalue weighted by molar-refractivity contribution is 7.12. The van der Waals surface area contributed by atoms with E-state index < -0.39 is 12.2 Å². The van der Waals surface area contributed by atoms with Crippen molar-refractivity contribution in [3.8, 4) is 0 Å².